The van der Waals surface area contributed by atoms with E-state index in [0.717, 1.165) is 16.2 Å². The van der Waals surface area contributed by atoms with Crippen molar-refractivity contribution in [1.82, 2.24) is 5.32 Å². The van der Waals surface area contributed by atoms with Gasteiger partial charge in [-0.1, -0.05) is 29.8 Å². The van der Waals surface area contributed by atoms with Gasteiger partial charge in [-0.25, -0.2) is 0 Å². The number of carbonyl (C=O) groups excluding carboxylic acids is 1. The van der Waals surface area contributed by atoms with Gasteiger partial charge in [0.05, 0.1) is 0 Å². The van der Waals surface area contributed by atoms with E-state index in [1.165, 1.54) is 17.7 Å². The number of hydrogen-bond acceptors (Lipinski definition) is 3. The predicted octanol–water partition coefficient (Wildman–Crippen LogP) is 4.44. The number of hydrogen-bond donors (Lipinski definition) is 1. The third kappa shape index (κ3) is 7.56. The summed E-state index contributed by atoms with van der Waals surface area (Å²) < 4.78 is 28.4. The quantitative estimate of drug-likeness (QED) is 0.668. The third-order valence-corrected chi connectivity index (χ3v) is 4.52. The second-order valence-corrected chi connectivity index (χ2v) is 6.70. The van der Waals surface area contributed by atoms with Gasteiger partial charge in [-0.15, -0.1) is 11.8 Å². The summed E-state index contributed by atoms with van der Waals surface area (Å²) in [5.41, 5.74) is 2.17. The first kappa shape index (κ1) is 19.2. The predicted molar refractivity (Wildman–Crippen MR) is 96.3 cm³/mol. The molecule has 0 fully saturated rings. The van der Waals surface area contributed by atoms with Crippen molar-refractivity contribution in [1.29, 1.82) is 0 Å². The molecule has 25 heavy (non-hydrogen) atoms. The Morgan fingerprint density at radius 2 is 1.80 bits per heavy atom. The van der Waals surface area contributed by atoms with Crippen molar-refractivity contribution in [2.45, 2.75) is 31.3 Å². The molecule has 0 unspecified atom stereocenters. The van der Waals surface area contributed by atoms with Gasteiger partial charge in [0.15, 0.2) is 0 Å². The van der Waals surface area contributed by atoms with Gasteiger partial charge in [-0.2, -0.15) is 8.78 Å². The Labute approximate surface area is 150 Å². The van der Waals surface area contributed by atoms with Crippen molar-refractivity contribution < 1.29 is 18.3 Å². The highest BCUT2D eigenvalue weighted by Crippen LogP contribution is 2.19. The maximum Gasteiger partial charge on any atom is 0.387 e. The number of rotatable bonds is 9. The molecule has 0 saturated carbocycles. The zero-order valence-corrected chi connectivity index (χ0v) is 14.8. The number of aryl methyl sites for hydroxylation is 1. The van der Waals surface area contributed by atoms with Crippen LogP contribution in [0.15, 0.2) is 53.4 Å². The lowest BCUT2D eigenvalue weighted by atomic mass is 10.1. The summed E-state index contributed by atoms with van der Waals surface area (Å²) in [6.07, 6.45) is 1.10. The Bertz CT molecular complexity index is 660. The molecular weight excluding hydrogens is 344 g/mol. The normalized spacial score (nSPS) is 10.7. The molecule has 0 heterocycles. The highest BCUT2D eigenvalue weighted by molar-refractivity contribution is 7.99. The molecule has 1 N–H and O–H groups in total. The van der Waals surface area contributed by atoms with E-state index in [4.69, 9.17) is 0 Å². The molecule has 2 rings (SSSR count). The molecule has 0 aliphatic carbocycles. The van der Waals surface area contributed by atoms with Gasteiger partial charge in [-0.3, -0.25) is 4.79 Å². The first-order valence-electron chi connectivity index (χ1n) is 8.03. The maximum absolute atomic E-state index is 12.1. The molecule has 0 aliphatic heterocycles. The lowest BCUT2D eigenvalue weighted by Crippen LogP contribution is -2.25. The average Bonchev–Trinajstić information content (AvgIpc) is 2.58. The van der Waals surface area contributed by atoms with E-state index in [-0.39, 0.29) is 11.7 Å². The van der Waals surface area contributed by atoms with E-state index in [2.05, 4.69) is 34.3 Å². The van der Waals surface area contributed by atoms with Crippen molar-refractivity contribution in [2.75, 3.05) is 12.3 Å². The number of nitrogens with one attached hydrogen (secondary N) is 1. The Hall–Kier alpha value is -2.08. The van der Waals surface area contributed by atoms with Gasteiger partial charge in [0.1, 0.15) is 5.75 Å². The number of benzene rings is 2. The monoisotopic (exact) mass is 365 g/mol. The molecule has 0 radical (unpaired) electrons. The molecule has 0 aliphatic rings. The highest BCUT2D eigenvalue weighted by Gasteiger charge is 2.05. The summed E-state index contributed by atoms with van der Waals surface area (Å²) in [5.74, 6) is 0.877. The zero-order valence-electron chi connectivity index (χ0n) is 14.0. The fourth-order valence-electron chi connectivity index (χ4n) is 2.17. The van der Waals surface area contributed by atoms with Crippen LogP contribution >= 0.6 is 11.8 Å². The first-order valence-corrected chi connectivity index (χ1v) is 9.01. The molecule has 134 valence electrons. The van der Waals surface area contributed by atoms with Crippen molar-refractivity contribution >= 4 is 17.7 Å². The minimum Gasteiger partial charge on any atom is -0.435 e. The summed E-state index contributed by atoms with van der Waals surface area (Å²) in [5, 5.41) is 2.87. The van der Waals surface area contributed by atoms with Crippen LogP contribution in [-0.2, 0) is 11.2 Å². The van der Waals surface area contributed by atoms with E-state index in [0.29, 0.717) is 19.4 Å². The first-order chi connectivity index (χ1) is 12.0. The molecule has 0 saturated heterocycles. The largest absolute Gasteiger partial charge is 0.435 e. The molecular formula is C19H21F2NO2S. The van der Waals surface area contributed by atoms with Crippen LogP contribution in [0.25, 0.3) is 0 Å². The second kappa shape index (κ2) is 10.0. The van der Waals surface area contributed by atoms with Crippen LogP contribution in [0.3, 0.4) is 0 Å². The molecule has 0 aromatic heterocycles. The van der Waals surface area contributed by atoms with E-state index in [1.54, 1.807) is 23.9 Å². The molecule has 0 bridgehead atoms. The Balaban J connectivity index is 1.62. The molecule has 0 atom stereocenters. The lowest BCUT2D eigenvalue weighted by Gasteiger charge is -2.07. The van der Waals surface area contributed by atoms with E-state index in [9.17, 15) is 13.6 Å². The third-order valence-electron chi connectivity index (χ3n) is 3.50. The Morgan fingerprint density at radius 1 is 1.12 bits per heavy atom. The summed E-state index contributed by atoms with van der Waals surface area (Å²) in [7, 11) is 0. The van der Waals surface area contributed by atoms with Crippen molar-refractivity contribution in [2.24, 2.45) is 0 Å². The molecule has 1 amide bonds. The van der Waals surface area contributed by atoms with E-state index < -0.39 is 6.61 Å². The van der Waals surface area contributed by atoms with Gasteiger partial charge >= 0.3 is 6.61 Å². The summed E-state index contributed by atoms with van der Waals surface area (Å²) in [6.45, 7) is -0.257. The summed E-state index contributed by atoms with van der Waals surface area (Å²) in [6, 6.07) is 14.7. The fourth-order valence-corrected chi connectivity index (χ4v) is 3.02. The standard InChI is InChI=1S/C19H21F2NO2S/c1-14-2-8-17(9-3-14)25-13-11-18(23)22-12-10-15-4-6-16(7-5-15)24-19(20)21/h2-9,19H,10-13H2,1H3,(H,22,23). The SMILES string of the molecule is Cc1ccc(SCCC(=O)NCCc2ccc(OC(F)F)cc2)cc1. The van der Waals surface area contributed by atoms with Gasteiger partial charge in [-0.05, 0) is 43.2 Å². The number of halogens is 2. The minimum atomic E-state index is -2.82. The van der Waals surface area contributed by atoms with Gasteiger partial charge < -0.3 is 10.1 Å². The topological polar surface area (TPSA) is 38.3 Å². The van der Waals surface area contributed by atoms with Crippen LogP contribution in [-0.4, -0.2) is 24.8 Å². The summed E-state index contributed by atoms with van der Waals surface area (Å²) in [4.78, 5) is 13.0. The van der Waals surface area contributed by atoms with Crippen molar-refractivity contribution in [3.63, 3.8) is 0 Å². The van der Waals surface area contributed by atoms with Crippen LogP contribution in [0.2, 0.25) is 0 Å². The lowest BCUT2D eigenvalue weighted by molar-refractivity contribution is -0.120. The molecule has 0 spiro atoms. The number of amides is 1. The zero-order chi connectivity index (χ0) is 18.1. The minimum absolute atomic E-state index is 0.0114. The Morgan fingerprint density at radius 3 is 2.44 bits per heavy atom. The Kier molecular flexibility index (Phi) is 7.73. The van der Waals surface area contributed by atoms with Crippen molar-refractivity contribution in [3.05, 3.63) is 59.7 Å². The van der Waals surface area contributed by atoms with Crippen LogP contribution in [0, 0.1) is 6.92 Å². The number of ether oxygens (including phenoxy) is 1. The molecule has 2 aromatic rings. The average molecular weight is 365 g/mol. The molecule has 3 nitrogen and oxygen atoms in total. The van der Waals surface area contributed by atoms with Gasteiger partial charge in [0.2, 0.25) is 5.91 Å². The fraction of sp³-hybridized carbons (Fsp3) is 0.316. The van der Waals surface area contributed by atoms with E-state index in [1.807, 2.05) is 6.92 Å². The summed E-state index contributed by atoms with van der Waals surface area (Å²) >= 11 is 1.66. The second-order valence-electron chi connectivity index (χ2n) is 5.53. The molecule has 2 aromatic carbocycles. The van der Waals surface area contributed by atoms with E-state index >= 15 is 0 Å². The molecule has 6 heteroatoms. The van der Waals surface area contributed by atoms with Crippen LogP contribution in [0.1, 0.15) is 17.5 Å². The maximum atomic E-state index is 12.1. The number of carbonyl (C=O) groups is 1. The smallest absolute Gasteiger partial charge is 0.387 e. The number of thioether (sulfide) groups is 1. The van der Waals surface area contributed by atoms with Gasteiger partial charge in [0, 0.05) is 23.6 Å². The van der Waals surface area contributed by atoms with Gasteiger partial charge in [0.25, 0.3) is 0 Å². The van der Waals surface area contributed by atoms with Crippen LogP contribution < -0.4 is 10.1 Å². The van der Waals surface area contributed by atoms with Crippen molar-refractivity contribution in [3.8, 4) is 5.75 Å². The van der Waals surface area contributed by atoms with Crippen LogP contribution in [0.5, 0.6) is 5.75 Å². The number of alkyl halides is 2. The van der Waals surface area contributed by atoms with Crippen LogP contribution in [0.4, 0.5) is 8.78 Å². The highest BCUT2D eigenvalue weighted by atomic mass is 32.2.